The van der Waals surface area contributed by atoms with Crippen LogP contribution in [-0.2, 0) is 6.54 Å². The number of nitrogens with zero attached hydrogens (tertiary/aromatic N) is 1. The van der Waals surface area contributed by atoms with E-state index in [4.69, 9.17) is 4.74 Å². The first-order valence-electron chi connectivity index (χ1n) is 9.04. The van der Waals surface area contributed by atoms with Crippen molar-refractivity contribution in [2.24, 2.45) is 0 Å². The molecule has 3 rings (SSSR count). The number of carbonyl (C=O) groups is 1. The Balaban J connectivity index is 1.90. The fourth-order valence-corrected chi connectivity index (χ4v) is 3.14. The molecule has 0 saturated heterocycles. The smallest absolute Gasteiger partial charge is 0.231 e. The first kappa shape index (κ1) is 18.2. The van der Waals surface area contributed by atoms with E-state index in [1.165, 1.54) is 0 Å². The van der Waals surface area contributed by atoms with Gasteiger partial charge in [-0.1, -0.05) is 43.2 Å². The Morgan fingerprint density at radius 1 is 1.23 bits per heavy atom. The largest absolute Gasteiger partial charge is 0.507 e. The van der Waals surface area contributed by atoms with Crippen molar-refractivity contribution in [2.75, 3.05) is 13.6 Å². The van der Waals surface area contributed by atoms with Crippen molar-refractivity contribution in [3.05, 3.63) is 64.4 Å². The highest BCUT2D eigenvalue weighted by Gasteiger charge is 2.31. The van der Waals surface area contributed by atoms with E-state index >= 15 is 0 Å². The third kappa shape index (κ3) is 3.81. The van der Waals surface area contributed by atoms with Gasteiger partial charge in [0.2, 0.25) is 5.78 Å². The molecule has 0 bridgehead atoms. The Hall–Kier alpha value is -2.59. The summed E-state index contributed by atoms with van der Waals surface area (Å²) in [6, 6.07) is 11.1. The average Bonchev–Trinajstić information content (AvgIpc) is 2.92. The van der Waals surface area contributed by atoms with Gasteiger partial charge in [0.15, 0.2) is 5.76 Å². The summed E-state index contributed by atoms with van der Waals surface area (Å²) >= 11 is 0. The summed E-state index contributed by atoms with van der Waals surface area (Å²) in [5.74, 6) is 0.807. The molecule has 0 unspecified atom stereocenters. The zero-order valence-corrected chi connectivity index (χ0v) is 15.6. The molecule has 4 nitrogen and oxygen atoms in total. The van der Waals surface area contributed by atoms with Crippen molar-refractivity contribution in [1.82, 2.24) is 4.90 Å². The van der Waals surface area contributed by atoms with Gasteiger partial charge in [-0.25, -0.2) is 0 Å². The molecule has 2 aromatic rings. The SMILES string of the molecule is CCCCN(C)Cc1c(O)ccc2c1O/C(=C\c1cccc(C)c1)C2=O. The maximum Gasteiger partial charge on any atom is 0.231 e. The second-order valence-corrected chi connectivity index (χ2v) is 6.89. The summed E-state index contributed by atoms with van der Waals surface area (Å²) in [7, 11) is 2.01. The number of Topliss-reactive ketones (excluding diaryl/α,β-unsaturated/α-hetero) is 1. The number of fused-ring (bicyclic) bond motifs is 1. The van der Waals surface area contributed by atoms with Crippen LogP contribution in [0.2, 0.25) is 0 Å². The molecule has 0 aliphatic carbocycles. The van der Waals surface area contributed by atoms with Gasteiger partial charge in [0.25, 0.3) is 0 Å². The van der Waals surface area contributed by atoms with E-state index in [0.717, 1.165) is 30.5 Å². The summed E-state index contributed by atoms with van der Waals surface area (Å²) in [6.07, 6.45) is 3.96. The molecule has 0 amide bonds. The lowest BCUT2D eigenvalue weighted by Gasteiger charge is -2.18. The highest BCUT2D eigenvalue weighted by atomic mass is 16.5. The van der Waals surface area contributed by atoms with E-state index in [2.05, 4.69) is 11.8 Å². The van der Waals surface area contributed by atoms with Crippen LogP contribution in [0.15, 0.2) is 42.2 Å². The fraction of sp³-hybridized carbons (Fsp3) is 0.318. The highest BCUT2D eigenvalue weighted by Crippen LogP contribution is 2.40. The molecule has 1 heterocycles. The summed E-state index contributed by atoms with van der Waals surface area (Å²) in [6.45, 7) is 5.63. The Morgan fingerprint density at radius 3 is 2.77 bits per heavy atom. The third-order valence-electron chi connectivity index (χ3n) is 4.58. The van der Waals surface area contributed by atoms with Crippen molar-refractivity contribution in [3.8, 4) is 11.5 Å². The number of phenolic OH excluding ortho intramolecular Hbond substituents is 1. The number of unbranched alkanes of at least 4 members (excludes halogenated alkanes) is 1. The van der Waals surface area contributed by atoms with Crippen molar-refractivity contribution in [3.63, 3.8) is 0 Å². The predicted octanol–water partition coefficient (Wildman–Crippen LogP) is 4.55. The van der Waals surface area contributed by atoms with Gasteiger partial charge < -0.3 is 14.7 Å². The zero-order valence-electron chi connectivity index (χ0n) is 15.6. The van der Waals surface area contributed by atoms with Crippen molar-refractivity contribution < 1.29 is 14.6 Å². The molecule has 26 heavy (non-hydrogen) atoms. The second-order valence-electron chi connectivity index (χ2n) is 6.89. The fourth-order valence-electron chi connectivity index (χ4n) is 3.14. The van der Waals surface area contributed by atoms with Crippen LogP contribution in [0.1, 0.15) is 46.8 Å². The lowest BCUT2D eigenvalue weighted by molar-refractivity contribution is 0.101. The number of phenols is 1. The first-order valence-corrected chi connectivity index (χ1v) is 9.04. The molecule has 4 heteroatoms. The molecule has 0 radical (unpaired) electrons. The minimum atomic E-state index is -0.140. The number of hydrogen-bond donors (Lipinski definition) is 1. The van der Waals surface area contributed by atoms with E-state index in [1.807, 2.05) is 38.2 Å². The van der Waals surface area contributed by atoms with Gasteiger partial charge in [0, 0.05) is 6.54 Å². The highest BCUT2D eigenvalue weighted by molar-refractivity contribution is 6.15. The van der Waals surface area contributed by atoms with Gasteiger partial charge in [-0.2, -0.15) is 0 Å². The quantitative estimate of drug-likeness (QED) is 0.776. The van der Waals surface area contributed by atoms with Gasteiger partial charge in [-0.05, 0) is 50.7 Å². The molecule has 0 spiro atoms. The average molecular weight is 351 g/mol. The summed E-state index contributed by atoms with van der Waals surface area (Å²) < 4.78 is 5.91. The molecule has 0 atom stereocenters. The molecule has 0 aromatic heterocycles. The second kappa shape index (κ2) is 7.75. The van der Waals surface area contributed by atoms with Gasteiger partial charge in [-0.15, -0.1) is 0 Å². The van der Waals surface area contributed by atoms with Crippen molar-refractivity contribution in [2.45, 2.75) is 33.2 Å². The van der Waals surface area contributed by atoms with Crippen LogP contribution < -0.4 is 4.74 Å². The first-order chi connectivity index (χ1) is 12.5. The van der Waals surface area contributed by atoms with Gasteiger partial charge in [0.05, 0.1) is 11.1 Å². The van der Waals surface area contributed by atoms with Crippen LogP contribution in [0.5, 0.6) is 11.5 Å². The third-order valence-corrected chi connectivity index (χ3v) is 4.58. The van der Waals surface area contributed by atoms with Crippen LogP contribution in [0.25, 0.3) is 6.08 Å². The number of allylic oxidation sites excluding steroid dienone is 1. The Kier molecular flexibility index (Phi) is 5.43. The molecular formula is C22H25NO3. The van der Waals surface area contributed by atoms with E-state index in [0.29, 0.717) is 29.2 Å². The predicted molar refractivity (Wildman–Crippen MR) is 103 cm³/mol. The molecule has 1 N–H and O–H groups in total. The van der Waals surface area contributed by atoms with Gasteiger partial charge in [0.1, 0.15) is 11.5 Å². The Morgan fingerprint density at radius 2 is 2.04 bits per heavy atom. The number of aromatic hydroxyl groups is 1. The lowest BCUT2D eigenvalue weighted by Crippen LogP contribution is -2.19. The van der Waals surface area contributed by atoms with Crippen LogP contribution in [-0.4, -0.2) is 29.4 Å². The van der Waals surface area contributed by atoms with Gasteiger partial charge >= 0.3 is 0 Å². The van der Waals surface area contributed by atoms with Crippen LogP contribution in [0.3, 0.4) is 0 Å². The number of benzene rings is 2. The monoisotopic (exact) mass is 351 g/mol. The number of aryl methyl sites for hydroxylation is 1. The normalized spacial score (nSPS) is 14.8. The van der Waals surface area contributed by atoms with E-state index < -0.39 is 0 Å². The number of hydrogen-bond acceptors (Lipinski definition) is 4. The van der Waals surface area contributed by atoms with E-state index in [-0.39, 0.29) is 11.5 Å². The van der Waals surface area contributed by atoms with E-state index in [9.17, 15) is 9.90 Å². The number of ketones is 1. The minimum absolute atomic E-state index is 0.140. The minimum Gasteiger partial charge on any atom is -0.507 e. The zero-order chi connectivity index (χ0) is 18.7. The Bertz CT molecular complexity index is 854. The topological polar surface area (TPSA) is 49.8 Å². The molecule has 0 fully saturated rings. The van der Waals surface area contributed by atoms with Crippen molar-refractivity contribution >= 4 is 11.9 Å². The number of carbonyl (C=O) groups excluding carboxylic acids is 1. The molecular weight excluding hydrogens is 326 g/mol. The Labute approximate surface area is 154 Å². The van der Waals surface area contributed by atoms with Crippen molar-refractivity contribution in [1.29, 1.82) is 0 Å². The molecule has 1 aliphatic rings. The summed E-state index contributed by atoms with van der Waals surface area (Å²) in [4.78, 5) is 14.9. The maximum absolute atomic E-state index is 12.7. The molecule has 0 saturated carbocycles. The number of ether oxygens (including phenoxy) is 1. The van der Waals surface area contributed by atoms with Gasteiger partial charge in [-0.3, -0.25) is 4.79 Å². The van der Waals surface area contributed by atoms with Crippen LogP contribution in [0, 0.1) is 6.92 Å². The van der Waals surface area contributed by atoms with E-state index in [1.54, 1.807) is 18.2 Å². The molecule has 1 aliphatic heterocycles. The molecule has 136 valence electrons. The standard InChI is InChI=1S/C22H25NO3/c1-4-5-11-23(3)14-18-19(24)10-9-17-21(25)20(26-22(17)18)13-16-8-6-7-15(2)12-16/h6-10,12-13,24H,4-5,11,14H2,1-3H3/b20-13-. The lowest BCUT2D eigenvalue weighted by atomic mass is 10.0. The van der Waals surface area contributed by atoms with Crippen LogP contribution in [0.4, 0.5) is 0 Å². The summed E-state index contributed by atoms with van der Waals surface area (Å²) in [5.41, 5.74) is 3.23. The van der Waals surface area contributed by atoms with Crippen LogP contribution >= 0.6 is 0 Å². The molecule has 2 aromatic carbocycles. The maximum atomic E-state index is 12.7. The summed E-state index contributed by atoms with van der Waals surface area (Å²) in [5, 5.41) is 10.3. The number of rotatable bonds is 6.